The van der Waals surface area contributed by atoms with E-state index in [1.165, 1.54) is 18.2 Å². The van der Waals surface area contributed by atoms with Crippen LogP contribution in [-0.4, -0.2) is 22.4 Å². The Morgan fingerprint density at radius 3 is 2.72 bits per heavy atom. The highest BCUT2D eigenvalue weighted by molar-refractivity contribution is 5.35. The highest BCUT2D eigenvalue weighted by Gasteiger charge is 2.25. The molecule has 1 fully saturated rings. The number of aliphatic hydroxyl groups is 2. The quantitative estimate of drug-likeness (QED) is 0.871. The van der Waals surface area contributed by atoms with E-state index >= 15 is 0 Å². The molecule has 3 atom stereocenters. The number of halogens is 1. The van der Waals surface area contributed by atoms with Gasteiger partial charge in [0.25, 0.3) is 0 Å². The molecule has 1 aliphatic rings. The second-order valence-corrected chi connectivity index (χ2v) is 4.87. The van der Waals surface area contributed by atoms with Crippen LogP contribution in [0.4, 0.5) is 4.39 Å². The Kier molecular flexibility index (Phi) is 4.19. The van der Waals surface area contributed by atoms with Crippen molar-refractivity contribution in [2.75, 3.05) is 0 Å². The first-order chi connectivity index (χ1) is 8.58. The molecule has 0 spiro atoms. The fourth-order valence-corrected chi connectivity index (χ4v) is 2.33. The van der Waals surface area contributed by atoms with Crippen molar-refractivity contribution in [2.24, 2.45) is 0 Å². The van der Waals surface area contributed by atoms with E-state index in [-0.39, 0.29) is 6.10 Å². The summed E-state index contributed by atoms with van der Waals surface area (Å²) in [6.07, 6.45) is 2.01. The molecule has 1 aromatic rings. The van der Waals surface area contributed by atoms with Gasteiger partial charge in [0.1, 0.15) is 17.7 Å². The van der Waals surface area contributed by atoms with Crippen molar-refractivity contribution in [1.29, 1.82) is 0 Å². The van der Waals surface area contributed by atoms with E-state index in [2.05, 4.69) is 0 Å². The van der Waals surface area contributed by atoms with E-state index in [9.17, 15) is 14.6 Å². The first-order valence-electron chi connectivity index (χ1n) is 6.40. The van der Waals surface area contributed by atoms with Crippen molar-refractivity contribution >= 4 is 0 Å². The van der Waals surface area contributed by atoms with Crippen molar-refractivity contribution in [3.8, 4) is 5.75 Å². The van der Waals surface area contributed by atoms with Gasteiger partial charge in [-0.1, -0.05) is 6.42 Å². The molecule has 100 valence electrons. The molecule has 0 heterocycles. The number of hydrogen-bond donors (Lipinski definition) is 2. The largest absolute Gasteiger partial charge is 0.487 e. The van der Waals surface area contributed by atoms with Gasteiger partial charge in [0, 0.05) is 5.56 Å². The average Bonchev–Trinajstić information content (AvgIpc) is 2.34. The molecule has 0 bridgehead atoms. The second kappa shape index (κ2) is 5.67. The summed E-state index contributed by atoms with van der Waals surface area (Å²) >= 11 is 0. The fraction of sp³-hybridized carbons (Fsp3) is 0.571. The molecule has 2 unspecified atom stereocenters. The zero-order chi connectivity index (χ0) is 13.1. The topological polar surface area (TPSA) is 49.7 Å². The summed E-state index contributed by atoms with van der Waals surface area (Å²) < 4.78 is 18.9. The number of hydrogen-bond acceptors (Lipinski definition) is 3. The van der Waals surface area contributed by atoms with Crippen LogP contribution in [0.5, 0.6) is 5.75 Å². The molecule has 2 N–H and O–H groups in total. The molecule has 0 amide bonds. The van der Waals surface area contributed by atoms with E-state index in [4.69, 9.17) is 4.74 Å². The summed E-state index contributed by atoms with van der Waals surface area (Å²) in [4.78, 5) is 0. The first kappa shape index (κ1) is 13.3. The maximum Gasteiger partial charge on any atom is 0.125 e. The Morgan fingerprint density at radius 1 is 1.33 bits per heavy atom. The standard InChI is InChI=1S/C14H19FO3/c1-9(16)11-8-10(15)6-7-13(11)18-14-5-3-2-4-12(14)17/h6-9,12,14,16-17H,2-5H2,1H3/t9-,12?,14?/m0/s1. The molecule has 0 aromatic heterocycles. The van der Waals surface area contributed by atoms with Gasteiger partial charge in [-0.3, -0.25) is 0 Å². The maximum atomic E-state index is 13.1. The summed E-state index contributed by atoms with van der Waals surface area (Å²) in [6, 6.07) is 4.09. The van der Waals surface area contributed by atoms with Gasteiger partial charge in [-0.2, -0.15) is 0 Å². The molecule has 1 aromatic carbocycles. The van der Waals surface area contributed by atoms with Crippen LogP contribution in [0.15, 0.2) is 18.2 Å². The third-order valence-electron chi connectivity index (χ3n) is 3.37. The summed E-state index contributed by atoms with van der Waals surface area (Å²) in [7, 11) is 0. The SMILES string of the molecule is C[C@H](O)c1cc(F)ccc1OC1CCCCC1O. The van der Waals surface area contributed by atoms with Crippen LogP contribution in [0.25, 0.3) is 0 Å². The lowest BCUT2D eigenvalue weighted by Crippen LogP contribution is -2.34. The summed E-state index contributed by atoms with van der Waals surface area (Å²) in [6.45, 7) is 1.57. The minimum Gasteiger partial charge on any atom is -0.487 e. The molecular weight excluding hydrogens is 235 g/mol. The van der Waals surface area contributed by atoms with Gasteiger partial charge in [0.05, 0.1) is 12.2 Å². The highest BCUT2D eigenvalue weighted by atomic mass is 19.1. The van der Waals surface area contributed by atoms with Crippen molar-refractivity contribution in [3.63, 3.8) is 0 Å². The van der Waals surface area contributed by atoms with Crippen LogP contribution < -0.4 is 4.74 Å². The third-order valence-corrected chi connectivity index (χ3v) is 3.37. The van der Waals surface area contributed by atoms with Crippen molar-refractivity contribution in [2.45, 2.75) is 50.9 Å². The summed E-state index contributed by atoms with van der Waals surface area (Å²) in [5.41, 5.74) is 0.424. The minimum atomic E-state index is -0.795. The smallest absolute Gasteiger partial charge is 0.125 e. The summed E-state index contributed by atoms with van der Waals surface area (Å²) in [5, 5.41) is 19.5. The number of benzene rings is 1. The van der Waals surface area contributed by atoms with Crippen LogP contribution in [-0.2, 0) is 0 Å². The van der Waals surface area contributed by atoms with Gasteiger partial charge >= 0.3 is 0 Å². The lowest BCUT2D eigenvalue weighted by molar-refractivity contribution is 0.00523. The Balaban J connectivity index is 2.17. The van der Waals surface area contributed by atoms with Gasteiger partial charge in [-0.05, 0) is 44.4 Å². The van der Waals surface area contributed by atoms with Crippen molar-refractivity contribution in [3.05, 3.63) is 29.6 Å². The van der Waals surface area contributed by atoms with Crippen LogP contribution >= 0.6 is 0 Å². The Hall–Kier alpha value is -1.13. The number of aliphatic hydroxyl groups excluding tert-OH is 2. The van der Waals surface area contributed by atoms with Crippen LogP contribution in [0.1, 0.15) is 44.3 Å². The number of rotatable bonds is 3. The van der Waals surface area contributed by atoms with Crippen LogP contribution in [0, 0.1) is 5.82 Å². The Labute approximate surface area is 106 Å². The molecule has 4 heteroatoms. The Morgan fingerprint density at radius 2 is 2.06 bits per heavy atom. The number of ether oxygens (including phenoxy) is 1. The van der Waals surface area contributed by atoms with Crippen LogP contribution in [0.3, 0.4) is 0 Å². The molecule has 0 aliphatic heterocycles. The van der Waals surface area contributed by atoms with Gasteiger partial charge < -0.3 is 14.9 Å². The van der Waals surface area contributed by atoms with E-state index in [0.29, 0.717) is 11.3 Å². The zero-order valence-electron chi connectivity index (χ0n) is 10.5. The second-order valence-electron chi connectivity index (χ2n) is 4.87. The fourth-order valence-electron chi connectivity index (χ4n) is 2.33. The van der Waals surface area contributed by atoms with Crippen LogP contribution in [0.2, 0.25) is 0 Å². The van der Waals surface area contributed by atoms with E-state index in [0.717, 1.165) is 25.7 Å². The van der Waals surface area contributed by atoms with E-state index < -0.39 is 18.0 Å². The minimum absolute atomic E-state index is 0.262. The molecule has 1 saturated carbocycles. The molecule has 18 heavy (non-hydrogen) atoms. The van der Waals surface area contributed by atoms with Gasteiger partial charge in [0.2, 0.25) is 0 Å². The highest BCUT2D eigenvalue weighted by Crippen LogP contribution is 2.30. The zero-order valence-corrected chi connectivity index (χ0v) is 10.5. The van der Waals surface area contributed by atoms with Gasteiger partial charge in [0.15, 0.2) is 0 Å². The molecule has 3 nitrogen and oxygen atoms in total. The lowest BCUT2D eigenvalue weighted by atomic mass is 9.94. The molecular formula is C14H19FO3. The third kappa shape index (κ3) is 3.00. The average molecular weight is 254 g/mol. The molecule has 0 saturated heterocycles. The van der Waals surface area contributed by atoms with E-state index in [1.54, 1.807) is 6.92 Å². The van der Waals surface area contributed by atoms with Gasteiger partial charge in [-0.15, -0.1) is 0 Å². The summed E-state index contributed by atoms with van der Waals surface area (Å²) in [5.74, 6) is 0.0554. The van der Waals surface area contributed by atoms with Gasteiger partial charge in [-0.25, -0.2) is 4.39 Å². The first-order valence-corrected chi connectivity index (χ1v) is 6.40. The molecule has 1 aliphatic carbocycles. The van der Waals surface area contributed by atoms with Crippen molar-refractivity contribution in [1.82, 2.24) is 0 Å². The lowest BCUT2D eigenvalue weighted by Gasteiger charge is -2.29. The predicted molar refractivity (Wildman–Crippen MR) is 65.9 cm³/mol. The maximum absolute atomic E-state index is 13.1. The monoisotopic (exact) mass is 254 g/mol. The molecule has 2 rings (SSSR count). The Bertz CT molecular complexity index is 406. The van der Waals surface area contributed by atoms with E-state index in [1.807, 2.05) is 0 Å². The predicted octanol–water partition coefficient (Wildman–Crippen LogP) is 2.56. The van der Waals surface area contributed by atoms with Crippen molar-refractivity contribution < 1.29 is 19.3 Å². The molecule has 0 radical (unpaired) electrons. The normalized spacial score (nSPS) is 25.8.